The summed E-state index contributed by atoms with van der Waals surface area (Å²) in [5.74, 6) is -0.401. The molecule has 0 aliphatic rings. The molecule has 0 aliphatic carbocycles. The number of imidazole rings is 1. The summed E-state index contributed by atoms with van der Waals surface area (Å²) in [5, 5.41) is 4.30. The standard InChI is InChI=1S/C15H15BrN4O2S/c16-14-19-20-12(8-13(17)21)11(18-15(20)23-14)6-7-22-9-10-4-2-1-3-5-10/h1-5H,6-9H2,(H2,17,21). The molecule has 23 heavy (non-hydrogen) atoms. The molecule has 0 saturated heterocycles. The molecule has 2 heterocycles. The van der Waals surface area contributed by atoms with Gasteiger partial charge in [0, 0.05) is 6.42 Å². The van der Waals surface area contributed by atoms with E-state index in [0.717, 1.165) is 25.8 Å². The number of hydrogen-bond acceptors (Lipinski definition) is 5. The number of nitrogens with zero attached hydrogens (tertiary/aromatic N) is 3. The molecule has 0 aliphatic heterocycles. The van der Waals surface area contributed by atoms with Crippen molar-refractivity contribution in [2.75, 3.05) is 6.61 Å². The van der Waals surface area contributed by atoms with Crippen molar-refractivity contribution < 1.29 is 9.53 Å². The normalized spacial score (nSPS) is 11.2. The number of nitrogens with two attached hydrogens (primary N) is 1. The number of hydrogen-bond donors (Lipinski definition) is 1. The molecular formula is C15H15BrN4O2S. The molecule has 2 N–H and O–H groups in total. The summed E-state index contributed by atoms with van der Waals surface area (Å²) in [6, 6.07) is 9.98. The highest BCUT2D eigenvalue weighted by atomic mass is 79.9. The Labute approximate surface area is 145 Å². The quantitative estimate of drug-likeness (QED) is 0.623. The van der Waals surface area contributed by atoms with Crippen molar-refractivity contribution in [1.29, 1.82) is 0 Å². The van der Waals surface area contributed by atoms with E-state index < -0.39 is 5.91 Å². The van der Waals surface area contributed by atoms with Gasteiger partial charge in [0.2, 0.25) is 10.9 Å². The Kier molecular flexibility index (Phi) is 5.04. The Morgan fingerprint density at radius 3 is 2.87 bits per heavy atom. The molecule has 0 radical (unpaired) electrons. The largest absolute Gasteiger partial charge is 0.376 e. The van der Waals surface area contributed by atoms with Crippen molar-refractivity contribution in [2.45, 2.75) is 19.4 Å². The summed E-state index contributed by atoms with van der Waals surface area (Å²) in [6.45, 7) is 1.07. The van der Waals surface area contributed by atoms with E-state index in [-0.39, 0.29) is 6.42 Å². The van der Waals surface area contributed by atoms with E-state index in [1.807, 2.05) is 30.3 Å². The molecule has 0 unspecified atom stereocenters. The zero-order valence-electron chi connectivity index (χ0n) is 12.2. The number of carbonyl (C=O) groups is 1. The lowest BCUT2D eigenvalue weighted by atomic mass is 10.2. The number of aromatic nitrogens is 3. The number of fused-ring (bicyclic) bond motifs is 1. The zero-order valence-corrected chi connectivity index (χ0v) is 14.6. The Bertz CT molecular complexity index is 816. The average molecular weight is 395 g/mol. The summed E-state index contributed by atoms with van der Waals surface area (Å²) in [5.41, 5.74) is 8.00. The van der Waals surface area contributed by atoms with Crippen LogP contribution in [-0.4, -0.2) is 27.1 Å². The highest BCUT2D eigenvalue weighted by Crippen LogP contribution is 2.23. The average Bonchev–Trinajstić information content (AvgIpc) is 3.02. The van der Waals surface area contributed by atoms with Crippen molar-refractivity contribution in [3.05, 3.63) is 51.2 Å². The molecular weight excluding hydrogens is 380 g/mol. The third kappa shape index (κ3) is 3.95. The number of amides is 1. The van der Waals surface area contributed by atoms with E-state index in [4.69, 9.17) is 10.5 Å². The maximum absolute atomic E-state index is 11.3. The molecule has 0 atom stereocenters. The summed E-state index contributed by atoms with van der Waals surface area (Å²) < 4.78 is 8.08. The second-order valence-corrected chi connectivity index (χ2v) is 7.22. The first kappa shape index (κ1) is 16.1. The van der Waals surface area contributed by atoms with Crippen LogP contribution in [0.3, 0.4) is 0 Å². The summed E-state index contributed by atoms with van der Waals surface area (Å²) in [7, 11) is 0. The highest BCUT2D eigenvalue weighted by Gasteiger charge is 2.17. The van der Waals surface area contributed by atoms with Gasteiger partial charge in [-0.2, -0.15) is 0 Å². The molecule has 3 aromatic rings. The van der Waals surface area contributed by atoms with Gasteiger partial charge in [-0.1, -0.05) is 41.7 Å². The van der Waals surface area contributed by atoms with E-state index in [1.54, 1.807) is 4.52 Å². The first-order valence-electron chi connectivity index (χ1n) is 7.06. The van der Waals surface area contributed by atoms with Crippen LogP contribution in [0.15, 0.2) is 34.2 Å². The van der Waals surface area contributed by atoms with Crippen molar-refractivity contribution in [3.63, 3.8) is 0 Å². The molecule has 120 valence electrons. The smallest absolute Gasteiger partial charge is 0.223 e. The number of primary amides is 1. The monoisotopic (exact) mass is 394 g/mol. The van der Waals surface area contributed by atoms with Crippen LogP contribution in [0.2, 0.25) is 0 Å². The number of ether oxygens (including phenoxy) is 1. The summed E-state index contributed by atoms with van der Waals surface area (Å²) >= 11 is 4.74. The Hall–Kier alpha value is -1.77. The fraction of sp³-hybridized carbons (Fsp3) is 0.267. The first-order chi connectivity index (χ1) is 11.1. The van der Waals surface area contributed by atoms with Crippen LogP contribution in [0.4, 0.5) is 0 Å². The van der Waals surface area contributed by atoms with Gasteiger partial charge in [-0.25, -0.2) is 9.50 Å². The summed E-state index contributed by atoms with van der Waals surface area (Å²) in [4.78, 5) is 16.6. The van der Waals surface area contributed by atoms with Gasteiger partial charge in [0.25, 0.3) is 0 Å². The first-order valence-corrected chi connectivity index (χ1v) is 8.67. The van der Waals surface area contributed by atoms with E-state index in [1.165, 1.54) is 11.3 Å². The van der Waals surface area contributed by atoms with Crippen LogP contribution >= 0.6 is 27.3 Å². The minimum absolute atomic E-state index is 0.116. The predicted molar refractivity (Wildman–Crippen MR) is 91.3 cm³/mol. The van der Waals surface area contributed by atoms with Crippen molar-refractivity contribution in [2.24, 2.45) is 5.73 Å². The van der Waals surface area contributed by atoms with Crippen molar-refractivity contribution in [3.8, 4) is 0 Å². The Morgan fingerprint density at radius 1 is 1.35 bits per heavy atom. The predicted octanol–water partition coefficient (Wildman–Crippen LogP) is 2.34. The van der Waals surface area contributed by atoms with Gasteiger partial charge >= 0.3 is 0 Å². The van der Waals surface area contributed by atoms with Gasteiger partial charge in [0.15, 0.2) is 3.92 Å². The molecule has 0 bridgehead atoms. The van der Waals surface area contributed by atoms with Gasteiger partial charge in [-0.05, 0) is 21.5 Å². The molecule has 0 fully saturated rings. The molecule has 1 aromatic carbocycles. The number of carbonyl (C=O) groups excluding carboxylic acids is 1. The van der Waals surface area contributed by atoms with Crippen LogP contribution in [0.5, 0.6) is 0 Å². The molecule has 6 nitrogen and oxygen atoms in total. The third-order valence-electron chi connectivity index (χ3n) is 3.29. The van der Waals surface area contributed by atoms with Crippen molar-refractivity contribution >= 4 is 38.1 Å². The lowest BCUT2D eigenvalue weighted by molar-refractivity contribution is -0.117. The topological polar surface area (TPSA) is 82.5 Å². The van der Waals surface area contributed by atoms with Gasteiger partial charge in [0.05, 0.1) is 31.0 Å². The van der Waals surface area contributed by atoms with Crippen LogP contribution in [0, 0.1) is 0 Å². The fourth-order valence-corrected chi connectivity index (χ4v) is 3.54. The lowest BCUT2D eigenvalue weighted by Gasteiger charge is -2.04. The maximum Gasteiger partial charge on any atom is 0.223 e. The van der Waals surface area contributed by atoms with E-state index in [0.29, 0.717) is 19.6 Å². The molecule has 1 amide bonds. The minimum Gasteiger partial charge on any atom is -0.376 e. The summed E-state index contributed by atoms with van der Waals surface area (Å²) in [6.07, 6.45) is 0.731. The molecule has 3 rings (SSSR count). The van der Waals surface area contributed by atoms with E-state index >= 15 is 0 Å². The highest BCUT2D eigenvalue weighted by molar-refractivity contribution is 9.11. The molecule has 8 heteroatoms. The van der Waals surface area contributed by atoms with Crippen LogP contribution < -0.4 is 5.73 Å². The van der Waals surface area contributed by atoms with Gasteiger partial charge in [-0.3, -0.25) is 4.79 Å². The third-order valence-corrected chi connectivity index (χ3v) is 4.63. The van der Waals surface area contributed by atoms with Gasteiger partial charge in [-0.15, -0.1) is 5.10 Å². The van der Waals surface area contributed by atoms with Crippen molar-refractivity contribution in [1.82, 2.24) is 14.6 Å². The Morgan fingerprint density at radius 2 is 2.13 bits per heavy atom. The number of halogens is 1. The second kappa shape index (κ2) is 7.20. The lowest BCUT2D eigenvalue weighted by Crippen LogP contribution is -2.17. The molecule has 0 saturated carbocycles. The van der Waals surface area contributed by atoms with Gasteiger partial charge in [0.1, 0.15) is 0 Å². The number of benzene rings is 1. The molecule has 0 spiro atoms. The van der Waals surface area contributed by atoms with E-state index in [2.05, 4.69) is 26.0 Å². The van der Waals surface area contributed by atoms with Crippen LogP contribution in [0.25, 0.3) is 4.96 Å². The zero-order chi connectivity index (χ0) is 16.2. The maximum atomic E-state index is 11.3. The minimum atomic E-state index is -0.401. The van der Waals surface area contributed by atoms with Crippen LogP contribution in [0.1, 0.15) is 17.0 Å². The number of rotatable bonds is 7. The van der Waals surface area contributed by atoms with Gasteiger partial charge < -0.3 is 10.5 Å². The van der Waals surface area contributed by atoms with E-state index in [9.17, 15) is 4.79 Å². The van der Waals surface area contributed by atoms with Crippen LogP contribution in [-0.2, 0) is 29.0 Å². The SMILES string of the molecule is NC(=O)Cc1c(CCOCc2ccccc2)nc2sc(Br)nn12. The Balaban J connectivity index is 1.67. The molecule has 2 aromatic heterocycles. The fourth-order valence-electron chi connectivity index (χ4n) is 2.28. The second-order valence-electron chi connectivity index (χ2n) is 4.99.